The topological polar surface area (TPSA) is 192 Å². The summed E-state index contributed by atoms with van der Waals surface area (Å²) in [5.41, 5.74) is 0.732. The Labute approximate surface area is 355 Å². The molecule has 1 aliphatic heterocycles. The first-order valence-electron chi connectivity index (χ1n) is 20.2. The van der Waals surface area contributed by atoms with E-state index >= 15 is 0 Å². The number of aromatic nitrogens is 4. The molecule has 0 unspecified atom stereocenters. The van der Waals surface area contributed by atoms with Gasteiger partial charge >= 0.3 is 7.75 Å². The van der Waals surface area contributed by atoms with Gasteiger partial charge in [-0.05, 0) is 68.7 Å². The average molecular weight is 856 g/mol. The molecule has 3 heterocycles. The van der Waals surface area contributed by atoms with E-state index in [1.165, 1.54) is 6.33 Å². The van der Waals surface area contributed by atoms with E-state index in [1.54, 1.807) is 37.3 Å². The second-order valence-electron chi connectivity index (χ2n) is 15.5. The van der Waals surface area contributed by atoms with E-state index in [-0.39, 0.29) is 67.1 Å². The second-order valence-corrected chi connectivity index (χ2v) is 17.4. The minimum atomic E-state index is -4.05. The highest BCUT2D eigenvalue weighted by molar-refractivity contribution is 7.51. The van der Waals surface area contributed by atoms with Crippen molar-refractivity contribution in [3.05, 3.63) is 112 Å². The molecule has 0 saturated carbocycles. The predicted octanol–water partition coefficient (Wildman–Crippen LogP) is 7.57. The van der Waals surface area contributed by atoms with Gasteiger partial charge < -0.3 is 18.9 Å². The number of hydrogen-bond donors (Lipinski definition) is 2. The number of benzene rings is 3. The van der Waals surface area contributed by atoms with Gasteiger partial charge in [0, 0.05) is 24.4 Å². The summed E-state index contributed by atoms with van der Waals surface area (Å²) in [4.78, 5) is 37.5. The maximum Gasteiger partial charge on any atom is 0.408 e. The van der Waals surface area contributed by atoms with E-state index in [0.29, 0.717) is 11.5 Å². The van der Waals surface area contributed by atoms with Crippen LogP contribution in [-0.2, 0) is 33.5 Å². The zero-order valence-electron chi connectivity index (χ0n) is 35.7. The number of ether oxygens (including phenoxy) is 4. The number of H-pyrrole nitrogens is 1. The second kappa shape index (κ2) is 19.5. The molecule has 1 saturated heterocycles. The van der Waals surface area contributed by atoms with Crippen LogP contribution in [0.1, 0.15) is 77.3 Å². The fourth-order valence-electron chi connectivity index (χ4n) is 7.56. The number of anilines is 1. The minimum Gasteiger partial charge on any atom is -0.497 e. The lowest BCUT2D eigenvalue weighted by Gasteiger charge is -2.40. The molecule has 16 nitrogen and oxygen atoms in total. The van der Waals surface area contributed by atoms with Crippen molar-refractivity contribution < 1.29 is 37.4 Å². The lowest BCUT2D eigenvalue weighted by Crippen LogP contribution is -2.41. The Kier molecular flexibility index (Phi) is 14.5. The molecule has 0 aliphatic carbocycles. The van der Waals surface area contributed by atoms with Crippen molar-refractivity contribution in [3.63, 3.8) is 0 Å². The maximum absolute atomic E-state index is 14.9. The number of methoxy groups -OCH3 is 2. The lowest BCUT2D eigenvalue weighted by molar-refractivity contribution is -0.118. The number of amides is 1. The van der Waals surface area contributed by atoms with Gasteiger partial charge in [0.1, 0.15) is 29.4 Å². The van der Waals surface area contributed by atoms with Crippen LogP contribution in [-0.4, -0.2) is 81.8 Å². The van der Waals surface area contributed by atoms with Crippen LogP contribution in [0.2, 0.25) is 0 Å². The molecular formula is C44H54N7O9P. The van der Waals surface area contributed by atoms with Gasteiger partial charge in [-0.15, -0.1) is 0 Å². The molecule has 2 N–H and O–H groups in total. The van der Waals surface area contributed by atoms with Crippen molar-refractivity contribution in [2.24, 2.45) is 5.92 Å². The molecule has 1 amide bonds. The zero-order valence-corrected chi connectivity index (χ0v) is 36.6. The summed E-state index contributed by atoms with van der Waals surface area (Å²) in [6.07, 6.45) is -0.893. The molecule has 61 heavy (non-hydrogen) atoms. The van der Waals surface area contributed by atoms with Crippen LogP contribution in [0, 0.1) is 17.2 Å². The predicted molar refractivity (Wildman–Crippen MR) is 229 cm³/mol. The Morgan fingerprint density at radius 2 is 1.54 bits per heavy atom. The van der Waals surface area contributed by atoms with E-state index in [9.17, 15) is 19.4 Å². The summed E-state index contributed by atoms with van der Waals surface area (Å²) < 4.78 is 56.0. The summed E-state index contributed by atoms with van der Waals surface area (Å²) in [7, 11) is -0.839. The third-order valence-electron chi connectivity index (χ3n) is 10.4. The van der Waals surface area contributed by atoms with Crippen LogP contribution in [0.5, 0.6) is 11.5 Å². The molecule has 17 heteroatoms. The largest absolute Gasteiger partial charge is 0.497 e. The molecule has 2 aromatic heterocycles. The van der Waals surface area contributed by atoms with Crippen molar-refractivity contribution in [3.8, 4) is 17.6 Å². The lowest BCUT2D eigenvalue weighted by atomic mass is 9.79. The number of nitrogens with zero attached hydrogens (tertiary/aromatic N) is 5. The highest BCUT2D eigenvalue weighted by Crippen LogP contribution is 2.55. The number of fused-ring (bicyclic) bond motifs is 1. The number of hydrogen-bond acceptors (Lipinski definition) is 12. The number of carbonyl (C=O) groups is 1. The van der Waals surface area contributed by atoms with Crippen LogP contribution in [0.3, 0.4) is 0 Å². The van der Waals surface area contributed by atoms with E-state index in [4.69, 9.17) is 28.0 Å². The van der Waals surface area contributed by atoms with E-state index in [2.05, 4.69) is 20.3 Å². The zero-order chi connectivity index (χ0) is 43.9. The molecule has 0 bridgehead atoms. The van der Waals surface area contributed by atoms with Gasteiger partial charge in [0.15, 0.2) is 11.2 Å². The molecule has 1 aliphatic rings. The monoisotopic (exact) mass is 855 g/mol. The first-order chi connectivity index (χ1) is 29.2. The summed E-state index contributed by atoms with van der Waals surface area (Å²) in [6.45, 7) is 10.7. The highest BCUT2D eigenvalue weighted by atomic mass is 31.2. The number of imidazole rings is 1. The Morgan fingerprint density at radius 1 is 0.951 bits per heavy atom. The maximum atomic E-state index is 14.9. The summed E-state index contributed by atoms with van der Waals surface area (Å²) in [5.74, 6) is 0.571. The molecular weight excluding hydrogens is 801 g/mol. The number of nitrogens with one attached hydrogen (secondary N) is 2. The number of nitriles is 1. The van der Waals surface area contributed by atoms with Crippen molar-refractivity contribution in [1.29, 1.82) is 5.26 Å². The van der Waals surface area contributed by atoms with Crippen LogP contribution in [0.15, 0.2) is 90.0 Å². The molecule has 0 spiro atoms. The Morgan fingerprint density at radius 3 is 2.08 bits per heavy atom. The highest BCUT2D eigenvalue weighted by Gasteiger charge is 2.48. The van der Waals surface area contributed by atoms with Gasteiger partial charge in [-0.25, -0.2) is 14.2 Å². The van der Waals surface area contributed by atoms with Crippen molar-refractivity contribution in [2.75, 3.05) is 32.8 Å². The Balaban J connectivity index is 1.50. The molecule has 0 radical (unpaired) electrons. The van der Waals surface area contributed by atoms with Gasteiger partial charge in [0.05, 0.1) is 52.4 Å². The van der Waals surface area contributed by atoms with Gasteiger partial charge in [-0.2, -0.15) is 10.2 Å². The fraction of sp³-hybridized carbons (Fsp3) is 0.432. The molecule has 3 aromatic carbocycles. The minimum absolute atomic E-state index is 0.00782. The summed E-state index contributed by atoms with van der Waals surface area (Å²) in [6, 6.07) is 26.6. The number of carbonyl (C=O) groups excluding carboxylic acids is 1. The SMILES string of the molecule is COc1ccc(C(O[C@H]2C[C@H](n3cnc4c(=O)[nH]c(NC(=O)C(C)C)nc43)O[C@@H]2CO[P@@](=O)(OCCC#N)N(C(C)C)C(C)C)(c2ccccc2)c2ccc(OC)cc2)cc1. The van der Waals surface area contributed by atoms with Crippen LogP contribution in [0.4, 0.5) is 5.95 Å². The average Bonchev–Trinajstić information content (AvgIpc) is 3.86. The Bertz CT molecular complexity index is 2340. The van der Waals surface area contributed by atoms with Gasteiger partial charge in [0.2, 0.25) is 11.9 Å². The number of aromatic amines is 1. The molecule has 6 rings (SSSR count). The molecule has 1 fully saturated rings. The van der Waals surface area contributed by atoms with Gasteiger partial charge in [0.25, 0.3) is 5.56 Å². The van der Waals surface area contributed by atoms with E-state index in [1.807, 2.05) is 113 Å². The quantitative estimate of drug-likeness (QED) is 0.0470. The Hall–Kier alpha value is -5.40. The van der Waals surface area contributed by atoms with E-state index in [0.717, 1.165) is 16.7 Å². The number of rotatable bonds is 19. The standard InChI is InChI=1S/C44H54N7O9P/c1-28(2)41(52)48-43-47-40-39(42(53)49-43)46-27-50(40)38-25-36(37(59-38)26-58-61(54,57-24-12-23-45)51(29(3)4)30(5)6)60-44(31-13-10-9-11-14-31,32-15-19-34(55-7)20-16-32)33-17-21-35(56-8)22-18-33/h9-11,13-22,27-30,36-38H,12,24-26H2,1-8H3,(H2,47,48,49,52,53)/t36-,37+,38+,61-/m0/s1. The smallest absolute Gasteiger partial charge is 0.408 e. The third-order valence-corrected chi connectivity index (χ3v) is 12.9. The first-order valence-corrected chi connectivity index (χ1v) is 21.7. The van der Waals surface area contributed by atoms with Gasteiger partial charge in [-0.1, -0.05) is 68.4 Å². The normalized spacial score (nSPS) is 17.9. The van der Waals surface area contributed by atoms with Crippen molar-refractivity contribution in [2.45, 2.75) is 90.5 Å². The van der Waals surface area contributed by atoms with E-state index < -0.39 is 37.3 Å². The van der Waals surface area contributed by atoms with Crippen molar-refractivity contribution >= 4 is 30.8 Å². The molecule has 5 aromatic rings. The van der Waals surface area contributed by atoms with Crippen LogP contribution in [0.25, 0.3) is 11.2 Å². The van der Waals surface area contributed by atoms with Crippen LogP contribution >= 0.6 is 7.75 Å². The molecule has 4 atom stereocenters. The van der Waals surface area contributed by atoms with Crippen molar-refractivity contribution in [1.82, 2.24) is 24.2 Å². The summed E-state index contributed by atoms with van der Waals surface area (Å²) in [5, 5.41) is 12.0. The molecule has 324 valence electrons. The third kappa shape index (κ3) is 9.73. The summed E-state index contributed by atoms with van der Waals surface area (Å²) >= 11 is 0. The first kappa shape index (κ1) is 45.1. The fourth-order valence-corrected chi connectivity index (χ4v) is 9.69. The van der Waals surface area contributed by atoms with Crippen LogP contribution < -0.4 is 20.3 Å². The van der Waals surface area contributed by atoms with Gasteiger partial charge in [-0.3, -0.25) is 33.5 Å².